The molecule has 27 heavy (non-hydrogen) atoms. The van der Waals surface area contributed by atoms with Crippen LogP contribution >= 0.6 is 0 Å². The first-order valence-electron chi connectivity index (χ1n) is 9.32. The number of hydrogen-bond donors (Lipinski definition) is 2. The van der Waals surface area contributed by atoms with E-state index in [2.05, 4.69) is 20.6 Å². The quantitative estimate of drug-likeness (QED) is 0.751. The standard InChI is InChI=1S/C20H26N4O3/c1-26-17-10-9-15(13-18(17)27-2)22-19(25)16-11-12-21-20(24-16)23-14-7-5-3-4-6-8-14/h9-14H,3-8H2,1-2H3,(H,22,25)(H,21,23,24). The van der Waals surface area contributed by atoms with Crippen LogP contribution in [0, 0.1) is 0 Å². The zero-order valence-electron chi connectivity index (χ0n) is 15.8. The summed E-state index contributed by atoms with van der Waals surface area (Å²) in [7, 11) is 3.12. The van der Waals surface area contributed by atoms with Gasteiger partial charge in [-0.25, -0.2) is 9.97 Å². The molecule has 144 valence electrons. The molecule has 1 aliphatic carbocycles. The molecule has 1 fully saturated rings. The molecule has 2 N–H and O–H groups in total. The summed E-state index contributed by atoms with van der Waals surface area (Å²) >= 11 is 0. The van der Waals surface area contributed by atoms with Gasteiger partial charge in [-0.05, 0) is 31.0 Å². The molecule has 7 heteroatoms. The van der Waals surface area contributed by atoms with E-state index in [9.17, 15) is 4.79 Å². The van der Waals surface area contributed by atoms with Gasteiger partial charge in [-0.3, -0.25) is 4.79 Å². The van der Waals surface area contributed by atoms with E-state index < -0.39 is 0 Å². The van der Waals surface area contributed by atoms with E-state index in [-0.39, 0.29) is 5.91 Å². The average Bonchev–Trinajstić information content (AvgIpc) is 2.96. The zero-order valence-corrected chi connectivity index (χ0v) is 15.8. The van der Waals surface area contributed by atoms with Crippen molar-refractivity contribution in [3.05, 3.63) is 36.2 Å². The molecule has 1 saturated carbocycles. The minimum absolute atomic E-state index is 0.298. The Hall–Kier alpha value is -2.83. The molecule has 1 aliphatic rings. The summed E-state index contributed by atoms with van der Waals surface area (Å²) in [6.45, 7) is 0. The van der Waals surface area contributed by atoms with Crippen LogP contribution in [-0.2, 0) is 0 Å². The lowest BCUT2D eigenvalue weighted by atomic mass is 10.1. The largest absolute Gasteiger partial charge is 0.493 e. The number of hydrogen-bond acceptors (Lipinski definition) is 6. The molecule has 0 spiro atoms. The van der Waals surface area contributed by atoms with E-state index >= 15 is 0 Å². The van der Waals surface area contributed by atoms with Crippen LogP contribution in [-0.4, -0.2) is 36.1 Å². The second-order valence-corrected chi connectivity index (χ2v) is 6.62. The Morgan fingerprint density at radius 1 is 1.04 bits per heavy atom. The zero-order chi connectivity index (χ0) is 19.1. The molecule has 3 rings (SSSR count). The molecule has 7 nitrogen and oxygen atoms in total. The highest BCUT2D eigenvalue weighted by Gasteiger charge is 2.15. The third-order valence-corrected chi connectivity index (χ3v) is 4.72. The number of aromatic nitrogens is 2. The number of nitrogens with zero attached hydrogens (tertiary/aromatic N) is 2. The number of rotatable bonds is 6. The fourth-order valence-electron chi connectivity index (χ4n) is 3.27. The number of amides is 1. The van der Waals surface area contributed by atoms with E-state index in [1.807, 2.05) is 0 Å². The third-order valence-electron chi connectivity index (χ3n) is 4.72. The minimum atomic E-state index is -0.298. The number of anilines is 2. The van der Waals surface area contributed by atoms with Crippen molar-refractivity contribution in [1.82, 2.24) is 9.97 Å². The van der Waals surface area contributed by atoms with Crippen molar-refractivity contribution in [2.75, 3.05) is 24.9 Å². The monoisotopic (exact) mass is 370 g/mol. The number of nitrogens with one attached hydrogen (secondary N) is 2. The Morgan fingerprint density at radius 3 is 2.48 bits per heavy atom. The fraction of sp³-hybridized carbons (Fsp3) is 0.450. The van der Waals surface area contributed by atoms with E-state index in [4.69, 9.17) is 9.47 Å². The smallest absolute Gasteiger partial charge is 0.274 e. The van der Waals surface area contributed by atoms with Gasteiger partial charge < -0.3 is 20.1 Å². The van der Waals surface area contributed by atoms with Gasteiger partial charge in [0.25, 0.3) is 5.91 Å². The lowest BCUT2D eigenvalue weighted by Crippen LogP contribution is -2.21. The Labute approximate surface area is 159 Å². The van der Waals surface area contributed by atoms with Gasteiger partial charge in [-0.1, -0.05) is 25.7 Å². The number of carbonyl (C=O) groups is 1. The first-order valence-corrected chi connectivity index (χ1v) is 9.32. The van der Waals surface area contributed by atoms with Crippen LogP contribution < -0.4 is 20.1 Å². The van der Waals surface area contributed by atoms with Gasteiger partial charge in [0.15, 0.2) is 11.5 Å². The molecule has 1 amide bonds. The van der Waals surface area contributed by atoms with Crippen LogP contribution in [0.5, 0.6) is 11.5 Å². The summed E-state index contributed by atoms with van der Waals surface area (Å²) < 4.78 is 10.5. The highest BCUT2D eigenvalue weighted by Crippen LogP contribution is 2.29. The Morgan fingerprint density at radius 2 is 1.78 bits per heavy atom. The molecule has 0 atom stereocenters. The molecular weight excluding hydrogens is 344 g/mol. The van der Waals surface area contributed by atoms with Gasteiger partial charge in [-0.2, -0.15) is 0 Å². The average molecular weight is 370 g/mol. The SMILES string of the molecule is COc1ccc(NC(=O)c2ccnc(NC3CCCCCC3)n2)cc1OC. The van der Waals surface area contributed by atoms with E-state index in [1.165, 1.54) is 25.7 Å². The van der Waals surface area contributed by atoms with Crippen LogP contribution in [0.3, 0.4) is 0 Å². The number of benzene rings is 1. The van der Waals surface area contributed by atoms with Crippen LogP contribution in [0.15, 0.2) is 30.5 Å². The number of carbonyl (C=O) groups excluding carboxylic acids is 1. The van der Waals surface area contributed by atoms with Crippen molar-refractivity contribution in [1.29, 1.82) is 0 Å². The predicted octanol–water partition coefficient (Wildman–Crippen LogP) is 3.88. The predicted molar refractivity (Wildman–Crippen MR) is 105 cm³/mol. The molecule has 0 aliphatic heterocycles. The first-order chi connectivity index (χ1) is 13.2. The highest BCUT2D eigenvalue weighted by molar-refractivity contribution is 6.03. The third kappa shape index (κ3) is 5.09. The molecule has 0 bridgehead atoms. The van der Waals surface area contributed by atoms with Crippen LogP contribution in [0.4, 0.5) is 11.6 Å². The second kappa shape index (κ2) is 9.21. The fourth-order valence-corrected chi connectivity index (χ4v) is 3.27. The second-order valence-electron chi connectivity index (χ2n) is 6.62. The minimum Gasteiger partial charge on any atom is -0.493 e. The van der Waals surface area contributed by atoms with Crippen LogP contribution in [0.1, 0.15) is 49.0 Å². The van der Waals surface area contributed by atoms with E-state index in [0.717, 1.165) is 12.8 Å². The molecule has 2 aromatic rings. The molecule has 0 saturated heterocycles. The van der Waals surface area contributed by atoms with Gasteiger partial charge in [-0.15, -0.1) is 0 Å². The van der Waals surface area contributed by atoms with E-state index in [1.54, 1.807) is 44.7 Å². The Kier molecular flexibility index (Phi) is 6.46. The molecule has 1 aromatic carbocycles. The van der Waals surface area contributed by atoms with Crippen molar-refractivity contribution in [3.8, 4) is 11.5 Å². The van der Waals surface area contributed by atoms with Gasteiger partial charge >= 0.3 is 0 Å². The Bertz CT molecular complexity index is 774. The highest BCUT2D eigenvalue weighted by atomic mass is 16.5. The molecular formula is C20H26N4O3. The normalized spacial score (nSPS) is 14.9. The van der Waals surface area contributed by atoms with Crippen molar-refractivity contribution in [3.63, 3.8) is 0 Å². The van der Waals surface area contributed by atoms with Crippen molar-refractivity contribution in [2.24, 2.45) is 0 Å². The summed E-state index contributed by atoms with van der Waals surface area (Å²) in [5.41, 5.74) is 0.922. The summed E-state index contributed by atoms with van der Waals surface area (Å²) in [4.78, 5) is 21.2. The maximum absolute atomic E-state index is 12.6. The molecule has 1 heterocycles. The van der Waals surface area contributed by atoms with Gasteiger partial charge in [0.2, 0.25) is 5.95 Å². The number of ether oxygens (including phenoxy) is 2. The Balaban J connectivity index is 1.68. The summed E-state index contributed by atoms with van der Waals surface area (Å²) in [6.07, 6.45) is 8.85. The molecule has 1 aromatic heterocycles. The van der Waals surface area contributed by atoms with Crippen LogP contribution in [0.25, 0.3) is 0 Å². The molecule has 0 radical (unpaired) electrons. The summed E-state index contributed by atoms with van der Waals surface area (Å²) in [6, 6.07) is 7.19. The number of methoxy groups -OCH3 is 2. The first kappa shape index (κ1) is 18.9. The maximum Gasteiger partial charge on any atom is 0.274 e. The topological polar surface area (TPSA) is 85.4 Å². The van der Waals surface area contributed by atoms with Gasteiger partial charge in [0, 0.05) is 24.0 Å². The van der Waals surface area contributed by atoms with Crippen molar-refractivity contribution < 1.29 is 14.3 Å². The van der Waals surface area contributed by atoms with Crippen molar-refractivity contribution >= 4 is 17.5 Å². The van der Waals surface area contributed by atoms with Crippen molar-refractivity contribution in [2.45, 2.75) is 44.6 Å². The summed E-state index contributed by atoms with van der Waals surface area (Å²) in [5, 5.41) is 6.21. The lowest BCUT2D eigenvalue weighted by Gasteiger charge is -2.16. The lowest BCUT2D eigenvalue weighted by molar-refractivity contribution is 0.102. The maximum atomic E-state index is 12.6. The van der Waals surface area contributed by atoms with E-state index in [0.29, 0.717) is 34.9 Å². The van der Waals surface area contributed by atoms with Crippen LogP contribution in [0.2, 0.25) is 0 Å². The molecule has 0 unspecified atom stereocenters. The van der Waals surface area contributed by atoms with Gasteiger partial charge in [0.1, 0.15) is 5.69 Å². The summed E-state index contributed by atoms with van der Waals surface area (Å²) in [5.74, 6) is 1.36. The van der Waals surface area contributed by atoms with Gasteiger partial charge in [0.05, 0.1) is 14.2 Å².